The zero-order valence-corrected chi connectivity index (χ0v) is 13.7. The molecule has 0 spiro atoms. The highest BCUT2D eigenvalue weighted by Gasteiger charge is 2.13. The lowest BCUT2D eigenvalue weighted by Gasteiger charge is -2.24. The Balaban J connectivity index is 2.37. The molecule has 0 bridgehead atoms. The van der Waals surface area contributed by atoms with E-state index in [2.05, 4.69) is 68.4 Å². The second kappa shape index (κ2) is 7.41. The van der Waals surface area contributed by atoms with Crippen molar-refractivity contribution in [2.24, 2.45) is 5.92 Å². The molecular weight excluding hydrogens is 258 g/mol. The fourth-order valence-electron chi connectivity index (χ4n) is 2.55. The Morgan fingerprint density at radius 2 is 2.00 bits per heavy atom. The summed E-state index contributed by atoms with van der Waals surface area (Å²) in [6, 6.07) is 10.6. The summed E-state index contributed by atoms with van der Waals surface area (Å²) in [5, 5.41) is 4.64. The molecule has 3 heteroatoms. The number of pyridine rings is 1. The molecule has 0 aliphatic heterocycles. The summed E-state index contributed by atoms with van der Waals surface area (Å²) in [6.45, 7) is 9.56. The number of hydrogen-bond donors (Lipinski definition) is 1. The van der Waals surface area contributed by atoms with Gasteiger partial charge in [0.1, 0.15) is 5.82 Å². The summed E-state index contributed by atoms with van der Waals surface area (Å²) in [4.78, 5) is 7.20. The number of anilines is 1. The highest BCUT2D eigenvalue weighted by atomic mass is 15.2. The zero-order chi connectivity index (χ0) is 15.2. The van der Waals surface area contributed by atoms with Gasteiger partial charge in [0.05, 0.1) is 5.52 Å². The highest BCUT2D eigenvalue weighted by molar-refractivity contribution is 5.81. The second-order valence-corrected chi connectivity index (χ2v) is 5.84. The van der Waals surface area contributed by atoms with Crippen LogP contribution < -0.4 is 10.2 Å². The van der Waals surface area contributed by atoms with Gasteiger partial charge in [-0.2, -0.15) is 0 Å². The monoisotopic (exact) mass is 285 g/mol. The lowest BCUT2D eigenvalue weighted by molar-refractivity contribution is 0.556. The van der Waals surface area contributed by atoms with E-state index < -0.39 is 0 Å². The summed E-state index contributed by atoms with van der Waals surface area (Å²) >= 11 is 0. The third-order valence-electron chi connectivity index (χ3n) is 3.99. The van der Waals surface area contributed by atoms with Crippen molar-refractivity contribution < 1.29 is 0 Å². The van der Waals surface area contributed by atoms with Gasteiger partial charge in [-0.1, -0.05) is 45.4 Å². The maximum absolute atomic E-state index is 4.90. The van der Waals surface area contributed by atoms with Crippen LogP contribution in [0.1, 0.15) is 32.8 Å². The molecule has 1 N–H and O–H groups in total. The molecule has 1 unspecified atom stereocenters. The predicted octanol–water partition coefficient (Wildman–Crippen LogP) is 3.83. The Morgan fingerprint density at radius 1 is 1.24 bits per heavy atom. The lowest BCUT2D eigenvalue weighted by Crippen LogP contribution is -2.26. The quantitative estimate of drug-likeness (QED) is 0.838. The van der Waals surface area contributed by atoms with E-state index in [4.69, 9.17) is 4.98 Å². The number of hydrogen-bond acceptors (Lipinski definition) is 3. The van der Waals surface area contributed by atoms with Crippen LogP contribution in [0.2, 0.25) is 0 Å². The van der Waals surface area contributed by atoms with Crippen molar-refractivity contribution in [2.75, 3.05) is 25.0 Å². The van der Waals surface area contributed by atoms with Crippen molar-refractivity contribution in [3.8, 4) is 0 Å². The molecule has 0 saturated carbocycles. The zero-order valence-electron chi connectivity index (χ0n) is 13.7. The van der Waals surface area contributed by atoms with E-state index in [0.717, 1.165) is 31.0 Å². The van der Waals surface area contributed by atoms with E-state index >= 15 is 0 Å². The SMILES string of the molecule is CCNCc1cc2ccccc2nc1N(C)CC(C)CC. The first-order valence-electron chi connectivity index (χ1n) is 7.96. The number of fused-ring (bicyclic) bond motifs is 1. The molecule has 2 aromatic rings. The van der Waals surface area contributed by atoms with Gasteiger partial charge in [-0.15, -0.1) is 0 Å². The highest BCUT2D eigenvalue weighted by Crippen LogP contribution is 2.24. The van der Waals surface area contributed by atoms with Crippen LogP contribution in [0.15, 0.2) is 30.3 Å². The number of benzene rings is 1. The normalized spacial score (nSPS) is 12.6. The summed E-state index contributed by atoms with van der Waals surface area (Å²) in [5.41, 5.74) is 2.35. The van der Waals surface area contributed by atoms with Crippen LogP contribution >= 0.6 is 0 Å². The van der Waals surface area contributed by atoms with Crippen molar-refractivity contribution in [1.29, 1.82) is 0 Å². The van der Waals surface area contributed by atoms with E-state index in [1.54, 1.807) is 0 Å². The van der Waals surface area contributed by atoms with Gasteiger partial charge in [0, 0.05) is 31.1 Å². The average Bonchev–Trinajstić information content (AvgIpc) is 2.51. The Labute approximate surface area is 128 Å². The molecule has 0 radical (unpaired) electrons. The Morgan fingerprint density at radius 3 is 2.71 bits per heavy atom. The van der Waals surface area contributed by atoms with Crippen molar-refractivity contribution in [1.82, 2.24) is 10.3 Å². The standard InChI is InChI=1S/C18H27N3/c1-5-14(3)13-21(4)18-16(12-19-6-2)11-15-9-7-8-10-17(15)20-18/h7-11,14,19H,5-6,12-13H2,1-4H3. The largest absolute Gasteiger partial charge is 0.359 e. The number of nitrogens with zero attached hydrogens (tertiary/aromatic N) is 2. The van der Waals surface area contributed by atoms with Gasteiger partial charge in [-0.3, -0.25) is 0 Å². The third-order valence-corrected chi connectivity index (χ3v) is 3.99. The maximum Gasteiger partial charge on any atom is 0.133 e. The lowest BCUT2D eigenvalue weighted by atomic mass is 10.1. The molecule has 3 nitrogen and oxygen atoms in total. The number of aromatic nitrogens is 1. The first-order valence-corrected chi connectivity index (χ1v) is 7.96. The first-order chi connectivity index (χ1) is 10.2. The van der Waals surface area contributed by atoms with E-state index in [0.29, 0.717) is 5.92 Å². The molecule has 0 aliphatic rings. The van der Waals surface area contributed by atoms with Crippen LogP contribution in [0.25, 0.3) is 10.9 Å². The van der Waals surface area contributed by atoms with Gasteiger partial charge in [-0.05, 0) is 24.6 Å². The van der Waals surface area contributed by atoms with Gasteiger partial charge in [0.2, 0.25) is 0 Å². The minimum absolute atomic E-state index is 0.676. The molecule has 1 heterocycles. The van der Waals surface area contributed by atoms with Crippen LogP contribution in [-0.2, 0) is 6.54 Å². The molecule has 0 saturated heterocycles. The summed E-state index contributed by atoms with van der Waals surface area (Å²) in [5.74, 6) is 1.78. The van der Waals surface area contributed by atoms with Gasteiger partial charge in [0.25, 0.3) is 0 Å². The average molecular weight is 285 g/mol. The predicted molar refractivity (Wildman–Crippen MR) is 91.8 cm³/mol. The number of para-hydroxylation sites is 1. The molecule has 0 fully saturated rings. The van der Waals surface area contributed by atoms with Gasteiger partial charge >= 0.3 is 0 Å². The Kier molecular flexibility index (Phi) is 5.57. The number of rotatable bonds is 7. The Hall–Kier alpha value is -1.61. The summed E-state index contributed by atoms with van der Waals surface area (Å²) in [7, 11) is 2.15. The van der Waals surface area contributed by atoms with Crippen LogP contribution in [0.3, 0.4) is 0 Å². The molecule has 1 atom stereocenters. The summed E-state index contributed by atoms with van der Waals surface area (Å²) in [6.07, 6.45) is 1.19. The summed E-state index contributed by atoms with van der Waals surface area (Å²) < 4.78 is 0. The molecule has 0 amide bonds. The maximum atomic E-state index is 4.90. The van der Waals surface area contributed by atoms with Gasteiger partial charge in [0.15, 0.2) is 0 Å². The Bertz CT molecular complexity index is 580. The fourth-order valence-corrected chi connectivity index (χ4v) is 2.55. The molecular formula is C18H27N3. The topological polar surface area (TPSA) is 28.2 Å². The second-order valence-electron chi connectivity index (χ2n) is 5.84. The van der Waals surface area contributed by atoms with Gasteiger partial charge in [-0.25, -0.2) is 4.98 Å². The molecule has 2 rings (SSSR count). The van der Waals surface area contributed by atoms with E-state index in [1.807, 2.05) is 0 Å². The van der Waals surface area contributed by atoms with Crippen LogP contribution in [0.5, 0.6) is 0 Å². The van der Waals surface area contributed by atoms with Crippen molar-refractivity contribution >= 4 is 16.7 Å². The first kappa shape index (κ1) is 15.8. The van der Waals surface area contributed by atoms with Crippen molar-refractivity contribution in [2.45, 2.75) is 33.7 Å². The smallest absolute Gasteiger partial charge is 0.133 e. The van der Waals surface area contributed by atoms with E-state index in [-0.39, 0.29) is 0 Å². The molecule has 1 aromatic heterocycles. The van der Waals surface area contributed by atoms with Crippen LogP contribution in [0, 0.1) is 5.92 Å². The molecule has 21 heavy (non-hydrogen) atoms. The fraction of sp³-hybridized carbons (Fsp3) is 0.500. The van der Waals surface area contributed by atoms with Gasteiger partial charge < -0.3 is 10.2 Å². The van der Waals surface area contributed by atoms with Crippen molar-refractivity contribution in [3.05, 3.63) is 35.9 Å². The van der Waals surface area contributed by atoms with Crippen molar-refractivity contribution in [3.63, 3.8) is 0 Å². The number of nitrogens with one attached hydrogen (secondary N) is 1. The minimum Gasteiger partial charge on any atom is -0.359 e. The third kappa shape index (κ3) is 3.94. The minimum atomic E-state index is 0.676. The molecule has 0 aliphatic carbocycles. The van der Waals surface area contributed by atoms with E-state index in [9.17, 15) is 0 Å². The van der Waals surface area contributed by atoms with Crippen LogP contribution in [0.4, 0.5) is 5.82 Å². The van der Waals surface area contributed by atoms with E-state index in [1.165, 1.54) is 17.4 Å². The molecule has 114 valence electrons. The van der Waals surface area contributed by atoms with Crippen LogP contribution in [-0.4, -0.2) is 25.1 Å². The molecule has 1 aromatic carbocycles.